The summed E-state index contributed by atoms with van der Waals surface area (Å²) in [7, 11) is 4.81. The molecule has 26 heavy (non-hydrogen) atoms. The normalized spacial score (nSPS) is 11.2. The van der Waals surface area contributed by atoms with Crippen LogP contribution in [0, 0.1) is 0 Å². The van der Waals surface area contributed by atoms with Gasteiger partial charge in [0.1, 0.15) is 11.5 Å². The lowest BCUT2D eigenvalue weighted by Crippen LogP contribution is -2.32. The molecule has 0 saturated heterocycles. The lowest BCUT2D eigenvalue weighted by Gasteiger charge is -2.33. The van der Waals surface area contributed by atoms with Crippen molar-refractivity contribution in [2.24, 2.45) is 0 Å². The molecule has 0 aromatic heterocycles. The summed E-state index contributed by atoms with van der Waals surface area (Å²) in [6.07, 6.45) is 0. The molecule has 0 radical (unpaired) electrons. The van der Waals surface area contributed by atoms with E-state index in [9.17, 15) is 0 Å². The standard InChI is InChI=1S/C22H22O4/c1-23-20-13-9-18(10-14-20)22(26-25-3,17-7-5-4-6-8-17)19-11-15-21(24-2)16-12-19/h4-16H,1-3H3. The highest BCUT2D eigenvalue weighted by Crippen LogP contribution is 2.41. The van der Waals surface area contributed by atoms with E-state index in [1.165, 1.54) is 7.11 Å². The number of hydrogen-bond donors (Lipinski definition) is 0. The number of methoxy groups -OCH3 is 2. The van der Waals surface area contributed by atoms with Gasteiger partial charge in [0, 0.05) is 0 Å². The average Bonchev–Trinajstić information content (AvgIpc) is 2.73. The molecule has 0 saturated carbocycles. The highest BCUT2D eigenvalue weighted by Gasteiger charge is 2.39. The van der Waals surface area contributed by atoms with Gasteiger partial charge in [-0.2, -0.15) is 0 Å². The fourth-order valence-corrected chi connectivity index (χ4v) is 3.09. The van der Waals surface area contributed by atoms with Crippen molar-refractivity contribution in [3.63, 3.8) is 0 Å². The van der Waals surface area contributed by atoms with E-state index in [0.717, 1.165) is 28.2 Å². The first kappa shape index (κ1) is 18.0. The Morgan fingerprint density at radius 3 is 1.35 bits per heavy atom. The maximum absolute atomic E-state index is 5.95. The Kier molecular flexibility index (Phi) is 5.56. The van der Waals surface area contributed by atoms with Gasteiger partial charge in [-0.3, -0.25) is 0 Å². The largest absolute Gasteiger partial charge is 0.497 e. The van der Waals surface area contributed by atoms with Crippen molar-refractivity contribution in [1.82, 2.24) is 0 Å². The summed E-state index contributed by atoms with van der Waals surface area (Å²) < 4.78 is 10.6. The number of ether oxygens (including phenoxy) is 2. The third-order valence-electron chi connectivity index (χ3n) is 4.38. The zero-order valence-electron chi connectivity index (χ0n) is 15.1. The minimum atomic E-state index is -0.922. The van der Waals surface area contributed by atoms with E-state index >= 15 is 0 Å². The van der Waals surface area contributed by atoms with E-state index in [0.29, 0.717) is 0 Å². The smallest absolute Gasteiger partial charge is 0.178 e. The molecule has 0 aliphatic carbocycles. The predicted octanol–water partition coefficient (Wildman–Crippen LogP) is 4.57. The van der Waals surface area contributed by atoms with Gasteiger partial charge in [0.25, 0.3) is 0 Å². The number of rotatable bonds is 7. The monoisotopic (exact) mass is 350 g/mol. The maximum Gasteiger partial charge on any atom is 0.178 e. The van der Waals surface area contributed by atoms with Crippen LogP contribution < -0.4 is 9.47 Å². The summed E-state index contributed by atoms with van der Waals surface area (Å²) in [5.74, 6) is 1.56. The average molecular weight is 350 g/mol. The van der Waals surface area contributed by atoms with Gasteiger partial charge in [0.05, 0.1) is 21.3 Å². The molecule has 0 bridgehead atoms. The fraction of sp³-hybridized carbons (Fsp3) is 0.182. The topological polar surface area (TPSA) is 36.9 Å². The van der Waals surface area contributed by atoms with Crippen molar-refractivity contribution in [2.45, 2.75) is 5.60 Å². The third-order valence-corrected chi connectivity index (χ3v) is 4.38. The van der Waals surface area contributed by atoms with Crippen LogP contribution in [-0.4, -0.2) is 21.3 Å². The van der Waals surface area contributed by atoms with Crippen LogP contribution in [0.5, 0.6) is 11.5 Å². The Morgan fingerprint density at radius 2 is 0.962 bits per heavy atom. The second-order valence-electron chi connectivity index (χ2n) is 5.75. The predicted molar refractivity (Wildman–Crippen MR) is 100 cm³/mol. The van der Waals surface area contributed by atoms with Gasteiger partial charge in [-0.25, -0.2) is 9.78 Å². The summed E-state index contributed by atoms with van der Waals surface area (Å²) in [6, 6.07) is 25.6. The Balaban J connectivity index is 2.23. The Morgan fingerprint density at radius 1 is 0.538 bits per heavy atom. The van der Waals surface area contributed by atoms with Gasteiger partial charge in [-0.1, -0.05) is 54.6 Å². The molecule has 3 aromatic carbocycles. The van der Waals surface area contributed by atoms with Crippen LogP contribution in [0.2, 0.25) is 0 Å². The molecule has 3 aromatic rings. The Bertz CT molecular complexity index is 764. The van der Waals surface area contributed by atoms with E-state index in [4.69, 9.17) is 19.2 Å². The van der Waals surface area contributed by atoms with Gasteiger partial charge in [0.15, 0.2) is 5.60 Å². The van der Waals surface area contributed by atoms with Crippen molar-refractivity contribution < 1.29 is 19.2 Å². The highest BCUT2D eigenvalue weighted by atomic mass is 17.2. The van der Waals surface area contributed by atoms with Gasteiger partial charge in [0.2, 0.25) is 0 Å². The molecule has 3 rings (SSSR count). The van der Waals surface area contributed by atoms with Crippen molar-refractivity contribution in [2.75, 3.05) is 21.3 Å². The quantitative estimate of drug-likeness (QED) is 0.355. The van der Waals surface area contributed by atoms with E-state index in [2.05, 4.69) is 0 Å². The molecule has 0 amide bonds. The van der Waals surface area contributed by atoms with Crippen LogP contribution in [0.1, 0.15) is 16.7 Å². The molecule has 0 fully saturated rings. The minimum Gasteiger partial charge on any atom is -0.497 e. The molecule has 0 aliphatic heterocycles. The zero-order chi connectivity index (χ0) is 18.4. The lowest BCUT2D eigenvalue weighted by atomic mass is 9.80. The van der Waals surface area contributed by atoms with Crippen LogP contribution in [0.25, 0.3) is 0 Å². The first-order valence-electron chi connectivity index (χ1n) is 8.31. The van der Waals surface area contributed by atoms with Crippen LogP contribution in [-0.2, 0) is 15.4 Å². The molecular formula is C22H22O4. The Hall–Kier alpha value is -2.82. The first-order chi connectivity index (χ1) is 12.7. The van der Waals surface area contributed by atoms with E-state index in [-0.39, 0.29) is 0 Å². The van der Waals surface area contributed by atoms with Crippen LogP contribution >= 0.6 is 0 Å². The third kappa shape index (κ3) is 3.29. The zero-order valence-corrected chi connectivity index (χ0v) is 15.1. The molecule has 0 heterocycles. The second-order valence-corrected chi connectivity index (χ2v) is 5.75. The number of hydrogen-bond acceptors (Lipinski definition) is 4. The van der Waals surface area contributed by atoms with Crippen LogP contribution in [0.15, 0.2) is 78.9 Å². The Labute approximate surface area is 153 Å². The van der Waals surface area contributed by atoms with Crippen molar-refractivity contribution >= 4 is 0 Å². The summed E-state index contributed by atoms with van der Waals surface area (Å²) in [4.78, 5) is 11.2. The molecular weight excluding hydrogens is 328 g/mol. The second kappa shape index (κ2) is 8.04. The molecule has 4 nitrogen and oxygen atoms in total. The molecule has 0 atom stereocenters. The minimum absolute atomic E-state index is 0.780. The summed E-state index contributed by atoms with van der Waals surface area (Å²) in [6.45, 7) is 0. The lowest BCUT2D eigenvalue weighted by molar-refractivity contribution is -0.326. The fourth-order valence-electron chi connectivity index (χ4n) is 3.09. The molecule has 0 N–H and O–H groups in total. The van der Waals surface area contributed by atoms with Gasteiger partial charge in [-0.15, -0.1) is 0 Å². The summed E-state index contributed by atoms with van der Waals surface area (Å²) in [5, 5.41) is 0. The summed E-state index contributed by atoms with van der Waals surface area (Å²) >= 11 is 0. The van der Waals surface area contributed by atoms with Gasteiger partial charge < -0.3 is 9.47 Å². The van der Waals surface area contributed by atoms with Crippen molar-refractivity contribution in [1.29, 1.82) is 0 Å². The molecule has 4 heteroatoms. The molecule has 0 spiro atoms. The van der Waals surface area contributed by atoms with Crippen LogP contribution in [0.3, 0.4) is 0 Å². The SMILES string of the molecule is COOC(c1ccccc1)(c1ccc(OC)cc1)c1ccc(OC)cc1. The first-order valence-corrected chi connectivity index (χ1v) is 8.31. The molecule has 134 valence electrons. The van der Waals surface area contributed by atoms with E-state index in [1.54, 1.807) is 14.2 Å². The maximum atomic E-state index is 5.95. The van der Waals surface area contributed by atoms with E-state index < -0.39 is 5.60 Å². The summed E-state index contributed by atoms with van der Waals surface area (Å²) in [5.41, 5.74) is 1.89. The van der Waals surface area contributed by atoms with Crippen LogP contribution in [0.4, 0.5) is 0 Å². The highest BCUT2D eigenvalue weighted by molar-refractivity contribution is 5.49. The van der Waals surface area contributed by atoms with E-state index in [1.807, 2.05) is 78.9 Å². The van der Waals surface area contributed by atoms with Crippen molar-refractivity contribution in [3.05, 3.63) is 95.6 Å². The number of benzene rings is 3. The van der Waals surface area contributed by atoms with Crippen molar-refractivity contribution in [3.8, 4) is 11.5 Å². The molecule has 0 aliphatic rings. The van der Waals surface area contributed by atoms with Gasteiger partial charge >= 0.3 is 0 Å². The molecule has 0 unspecified atom stereocenters. The van der Waals surface area contributed by atoms with Gasteiger partial charge in [-0.05, 0) is 41.0 Å².